The number of carbonyl (C=O) groups excluding carboxylic acids is 1. The molecule has 1 atom stereocenters. The Kier molecular flexibility index (Phi) is 3.55. The van der Waals surface area contributed by atoms with Gasteiger partial charge < -0.3 is 19.9 Å². The van der Waals surface area contributed by atoms with Gasteiger partial charge in [-0.2, -0.15) is 0 Å². The maximum atomic E-state index is 11.7. The molecule has 1 aromatic carbocycles. The number of carbonyl (C=O) groups is 1. The van der Waals surface area contributed by atoms with Crippen LogP contribution in [0.2, 0.25) is 0 Å². The standard InChI is InChI=1S/C14H19NO4/c1-14(2,3)19-13(17)15-10-6-9-7-11(16)4-5-12(9)18-8-10/h4-5,7,10,16H,6,8H2,1-3H3,(H,15,17). The predicted molar refractivity (Wildman–Crippen MR) is 70.5 cm³/mol. The second-order valence-electron chi connectivity index (χ2n) is 5.65. The van der Waals surface area contributed by atoms with Crippen molar-refractivity contribution in [1.29, 1.82) is 0 Å². The average molecular weight is 265 g/mol. The molecule has 1 aromatic rings. The number of benzene rings is 1. The molecule has 5 heteroatoms. The summed E-state index contributed by atoms with van der Waals surface area (Å²) >= 11 is 0. The molecule has 104 valence electrons. The number of aromatic hydroxyl groups is 1. The minimum absolute atomic E-state index is 0.149. The molecule has 5 nitrogen and oxygen atoms in total. The predicted octanol–water partition coefficient (Wildman–Crippen LogP) is 2.22. The minimum Gasteiger partial charge on any atom is -0.508 e. The van der Waals surface area contributed by atoms with Gasteiger partial charge in [0.15, 0.2) is 0 Å². The highest BCUT2D eigenvalue weighted by Gasteiger charge is 2.24. The van der Waals surface area contributed by atoms with Gasteiger partial charge in [-0.25, -0.2) is 4.79 Å². The molecule has 0 aromatic heterocycles. The first-order valence-electron chi connectivity index (χ1n) is 6.28. The van der Waals surface area contributed by atoms with E-state index in [4.69, 9.17) is 9.47 Å². The highest BCUT2D eigenvalue weighted by atomic mass is 16.6. The Morgan fingerprint density at radius 1 is 1.47 bits per heavy atom. The summed E-state index contributed by atoms with van der Waals surface area (Å²) in [6.07, 6.45) is 0.160. The van der Waals surface area contributed by atoms with E-state index in [1.807, 2.05) is 20.8 Å². The zero-order valence-electron chi connectivity index (χ0n) is 11.4. The van der Waals surface area contributed by atoms with Crippen molar-refractivity contribution in [2.24, 2.45) is 0 Å². The van der Waals surface area contributed by atoms with Crippen molar-refractivity contribution >= 4 is 6.09 Å². The molecule has 0 bridgehead atoms. The van der Waals surface area contributed by atoms with Crippen molar-refractivity contribution < 1.29 is 19.4 Å². The van der Waals surface area contributed by atoms with E-state index in [0.29, 0.717) is 13.0 Å². The summed E-state index contributed by atoms with van der Waals surface area (Å²) in [6.45, 7) is 5.85. The number of fused-ring (bicyclic) bond motifs is 1. The number of phenols is 1. The fourth-order valence-corrected chi connectivity index (χ4v) is 1.95. The quantitative estimate of drug-likeness (QED) is 0.817. The molecule has 19 heavy (non-hydrogen) atoms. The van der Waals surface area contributed by atoms with Gasteiger partial charge in [0.25, 0.3) is 0 Å². The summed E-state index contributed by atoms with van der Waals surface area (Å²) in [5.41, 5.74) is 0.364. The molecule has 1 heterocycles. The largest absolute Gasteiger partial charge is 0.508 e. The molecule has 1 aliphatic heterocycles. The van der Waals surface area contributed by atoms with Gasteiger partial charge in [-0.1, -0.05) is 0 Å². The first-order valence-corrected chi connectivity index (χ1v) is 6.28. The van der Waals surface area contributed by atoms with Crippen LogP contribution in [0.3, 0.4) is 0 Å². The van der Waals surface area contributed by atoms with Crippen LogP contribution < -0.4 is 10.1 Å². The van der Waals surface area contributed by atoms with E-state index in [1.54, 1.807) is 18.2 Å². The monoisotopic (exact) mass is 265 g/mol. The SMILES string of the molecule is CC(C)(C)OC(=O)NC1COc2ccc(O)cc2C1. The number of nitrogens with one attached hydrogen (secondary N) is 1. The summed E-state index contributed by atoms with van der Waals surface area (Å²) in [7, 11) is 0. The minimum atomic E-state index is -0.518. The van der Waals surface area contributed by atoms with Crippen LogP contribution in [0.15, 0.2) is 18.2 Å². The Labute approximate surface area is 112 Å². The fourth-order valence-electron chi connectivity index (χ4n) is 1.95. The van der Waals surface area contributed by atoms with Gasteiger partial charge in [0, 0.05) is 0 Å². The van der Waals surface area contributed by atoms with Crippen molar-refractivity contribution in [3.05, 3.63) is 23.8 Å². The van der Waals surface area contributed by atoms with Crippen LogP contribution in [0, 0.1) is 0 Å². The number of hydrogen-bond acceptors (Lipinski definition) is 4. The van der Waals surface area contributed by atoms with E-state index in [9.17, 15) is 9.90 Å². The second kappa shape index (κ2) is 4.99. The van der Waals surface area contributed by atoms with Crippen molar-refractivity contribution in [2.45, 2.75) is 38.8 Å². The summed E-state index contributed by atoms with van der Waals surface area (Å²) in [5.74, 6) is 0.945. The number of ether oxygens (including phenoxy) is 2. The zero-order valence-corrected chi connectivity index (χ0v) is 11.4. The smallest absolute Gasteiger partial charge is 0.408 e. The van der Waals surface area contributed by atoms with Gasteiger partial charge in [0.05, 0.1) is 6.04 Å². The molecule has 0 saturated heterocycles. The van der Waals surface area contributed by atoms with Gasteiger partial charge in [0.1, 0.15) is 23.7 Å². The lowest BCUT2D eigenvalue weighted by Gasteiger charge is -2.27. The second-order valence-corrected chi connectivity index (χ2v) is 5.65. The van der Waals surface area contributed by atoms with E-state index in [1.165, 1.54) is 0 Å². The van der Waals surface area contributed by atoms with Gasteiger partial charge in [-0.05, 0) is 51.0 Å². The number of phenolic OH excluding ortho intramolecular Hbond substituents is 1. The van der Waals surface area contributed by atoms with Crippen molar-refractivity contribution in [3.63, 3.8) is 0 Å². The van der Waals surface area contributed by atoms with Crippen LogP contribution in [0.4, 0.5) is 4.79 Å². The Balaban J connectivity index is 1.96. The maximum Gasteiger partial charge on any atom is 0.408 e. The third kappa shape index (κ3) is 3.77. The zero-order chi connectivity index (χ0) is 14.0. The van der Waals surface area contributed by atoms with E-state index in [0.717, 1.165) is 11.3 Å². The van der Waals surface area contributed by atoms with Gasteiger partial charge >= 0.3 is 6.09 Å². The highest BCUT2D eigenvalue weighted by molar-refractivity contribution is 5.68. The molecular formula is C14H19NO4. The van der Waals surface area contributed by atoms with E-state index >= 15 is 0 Å². The van der Waals surface area contributed by atoms with Crippen LogP contribution in [-0.4, -0.2) is 29.4 Å². The fraction of sp³-hybridized carbons (Fsp3) is 0.500. The van der Waals surface area contributed by atoms with Crippen LogP contribution >= 0.6 is 0 Å². The first-order chi connectivity index (χ1) is 8.83. The highest BCUT2D eigenvalue weighted by Crippen LogP contribution is 2.28. The normalized spacial score (nSPS) is 18.2. The molecule has 2 rings (SSSR count). The van der Waals surface area contributed by atoms with Crippen molar-refractivity contribution in [3.8, 4) is 11.5 Å². The van der Waals surface area contributed by atoms with E-state index in [2.05, 4.69) is 5.32 Å². The van der Waals surface area contributed by atoms with Gasteiger partial charge in [-0.15, -0.1) is 0 Å². The summed E-state index contributed by atoms with van der Waals surface area (Å²) < 4.78 is 10.7. The van der Waals surface area contributed by atoms with Crippen molar-refractivity contribution in [2.75, 3.05) is 6.61 Å². The Morgan fingerprint density at radius 2 is 2.21 bits per heavy atom. The molecule has 0 spiro atoms. The molecule has 2 N–H and O–H groups in total. The lowest BCUT2D eigenvalue weighted by atomic mass is 10.0. The molecule has 1 unspecified atom stereocenters. The van der Waals surface area contributed by atoms with E-state index < -0.39 is 11.7 Å². The third-order valence-electron chi connectivity index (χ3n) is 2.67. The molecular weight excluding hydrogens is 246 g/mol. The third-order valence-corrected chi connectivity index (χ3v) is 2.67. The maximum absolute atomic E-state index is 11.7. The Morgan fingerprint density at radius 3 is 2.89 bits per heavy atom. The summed E-state index contributed by atoms with van der Waals surface area (Å²) in [4.78, 5) is 11.7. The summed E-state index contributed by atoms with van der Waals surface area (Å²) in [5, 5.41) is 12.2. The Bertz CT molecular complexity index is 479. The van der Waals surface area contributed by atoms with Gasteiger partial charge in [-0.3, -0.25) is 0 Å². The molecule has 0 radical (unpaired) electrons. The summed E-state index contributed by atoms with van der Waals surface area (Å²) in [6, 6.07) is 4.82. The topological polar surface area (TPSA) is 67.8 Å². The average Bonchev–Trinajstić information content (AvgIpc) is 2.25. The number of alkyl carbamates (subject to hydrolysis) is 1. The van der Waals surface area contributed by atoms with Crippen LogP contribution in [-0.2, 0) is 11.2 Å². The van der Waals surface area contributed by atoms with Crippen LogP contribution in [0.1, 0.15) is 26.3 Å². The number of hydrogen-bond donors (Lipinski definition) is 2. The lowest BCUT2D eigenvalue weighted by molar-refractivity contribution is 0.0482. The first kappa shape index (κ1) is 13.5. The molecule has 0 aliphatic carbocycles. The number of rotatable bonds is 1. The molecule has 0 fully saturated rings. The molecule has 1 amide bonds. The molecule has 1 aliphatic rings. The van der Waals surface area contributed by atoms with Crippen LogP contribution in [0.25, 0.3) is 0 Å². The van der Waals surface area contributed by atoms with Crippen molar-refractivity contribution in [1.82, 2.24) is 5.32 Å². The number of amides is 1. The van der Waals surface area contributed by atoms with Crippen LogP contribution in [0.5, 0.6) is 11.5 Å². The molecule has 0 saturated carbocycles. The lowest BCUT2D eigenvalue weighted by Crippen LogP contribution is -2.44. The Hall–Kier alpha value is -1.91. The van der Waals surface area contributed by atoms with E-state index in [-0.39, 0.29) is 11.8 Å². The van der Waals surface area contributed by atoms with Gasteiger partial charge in [0.2, 0.25) is 0 Å².